The molecular weight excluding hydrogens is 580 g/mol. The minimum atomic E-state index is -1.16. The van der Waals surface area contributed by atoms with Crippen molar-refractivity contribution in [3.05, 3.63) is 47.7 Å². The van der Waals surface area contributed by atoms with Crippen molar-refractivity contribution < 1.29 is 28.5 Å². The first-order valence-corrected chi connectivity index (χ1v) is 15.9. The molecule has 7 rings (SSSR count). The number of ether oxygens (including phenoxy) is 2. The van der Waals surface area contributed by atoms with E-state index < -0.39 is 17.2 Å². The number of nitrogens with zero attached hydrogens (tertiary/aromatic N) is 5. The van der Waals surface area contributed by atoms with E-state index in [0.717, 1.165) is 32.5 Å². The maximum atomic E-state index is 16.8. The number of likely N-dealkylation sites (tertiary alicyclic amines) is 1. The van der Waals surface area contributed by atoms with Gasteiger partial charge in [-0.25, -0.2) is 8.78 Å². The zero-order chi connectivity index (χ0) is 31.3. The van der Waals surface area contributed by atoms with Crippen LogP contribution in [0.2, 0.25) is 0 Å². The molecule has 3 fully saturated rings. The van der Waals surface area contributed by atoms with Gasteiger partial charge in [0.15, 0.2) is 5.82 Å². The fourth-order valence-corrected chi connectivity index (χ4v) is 6.89. The summed E-state index contributed by atoms with van der Waals surface area (Å²) in [5.74, 6) is -0.824. The van der Waals surface area contributed by atoms with E-state index in [1.165, 1.54) is 37.2 Å². The summed E-state index contributed by atoms with van der Waals surface area (Å²) in [4.78, 5) is 18.2. The summed E-state index contributed by atoms with van der Waals surface area (Å²) >= 11 is 0. The largest absolute Gasteiger partial charge is 0.508 e. The average molecular weight is 620 g/mol. The van der Waals surface area contributed by atoms with Gasteiger partial charge in [-0.2, -0.15) is 9.97 Å². The number of phenolic OH excluding ortho intramolecular Hbond substituents is 1. The standard InChI is InChI=1S/C34H39F2N5O4/c1-3-23-26(35)7-6-21-14-22(42)15-24(27(21)23)29-28(36)30-25(16-37-29)31(41-12-13-44-19-33(2,43)17-41)39-32(38-30)45-20-34(8-9-34)18-40-10-4-5-11-40/h6-7,14-16,42-43H,3-5,8-13,17-20H2,1-2H3/t33-/m0/s1. The summed E-state index contributed by atoms with van der Waals surface area (Å²) in [6, 6.07) is 5.92. The lowest BCUT2D eigenvalue weighted by Crippen LogP contribution is -2.42. The van der Waals surface area contributed by atoms with Gasteiger partial charge in [-0.15, -0.1) is 0 Å². The number of aromatic hydroxyl groups is 1. The van der Waals surface area contributed by atoms with E-state index in [-0.39, 0.29) is 47.1 Å². The number of pyridine rings is 1. The maximum absolute atomic E-state index is 16.8. The van der Waals surface area contributed by atoms with Crippen LogP contribution in [0.5, 0.6) is 11.8 Å². The highest BCUT2D eigenvalue weighted by Gasteiger charge is 2.45. The number of β-amino-alcohol motifs (C(OH)–C–C–N with tert-alkyl or cyclic N) is 1. The average Bonchev–Trinajstić information content (AvgIpc) is 3.64. The van der Waals surface area contributed by atoms with E-state index in [0.29, 0.717) is 53.7 Å². The Morgan fingerprint density at radius 1 is 1.09 bits per heavy atom. The van der Waals surface area contributed by atoms with E-state index in [2.05, 4.69) is 14.9 Å². The summed E-state index contributed by atoms with van der Waals surface area (Å²) in [5, 5.41) is 22.9. The third kappa shape index (κ3) is 5.89. The van der Waals surface area contributed by atoms with Gasteiger partial charge in [-0.1, -0.05) is 13.0 Å². The predicted octanol–water partition coefficient (Wildman–Crippen LogP) is 5.23. The van der Waals surface area contributed by atoms with E-state index in [1.807, 2.05) is 11.8 Å². The second-order valence-electron chi connectivity index (χ2n) is 13.2. The first-order valence-electron chi connectivity index (χ1n) is 15.9. The molecular formula is C34H39F2N5O4. The van der Waals surface area contributed by atoms with Gasteiger partial charge in [0.1, 0.15) is 34.2 Å². The molecule has 45 heavy (non-hydrogen) atoms. The number of halogens is 2. The maximum Gasteiger partial charge on any atom is 0.319 e. The second-order valence-corrected chi connectivity index (χ2v) is 13.2. The molecule has 11 heteroatoms. The molecule has 2 saturated heterocycles. The topological polar surface area (TPSA) is 104 Å². The van der Waals surface area contributed by atoms with Crippen molar-refractivity contribution in [3.8, 4) is 23.0 Å². The number of hydrogen-bond donors (Lipinski definition) is 2. The predicted molar refractivity (Wildman–Crippen MR) is 168 cm³/mol. The second kappa shape index (κ2) is 11.6. The molecule has 4 heterocycles. The summed E-state index contributed by atoms with van der Waals surface area (Å²) < 4.78 is 43.6. The van der Waals surface area contributed by atoms with Gasteiger partial charge in [-0.3, -0.25) is 4.98 Å². The molecule has 0 spiro atoms. The Labute approximate surface area is 260 Å². The number of anilines is 1. The third-order valence-electron chi connectivity index (χ3n) is 9.38. The number of benzene rings is 2. The zero-order valence-corrected chi connectivity index (χ0v) is 25.8. The molecule has 4 aromatic rings. The summed E-state index contributed by atoms with van der Waals surface area (Å²) in [6.45, 7) is 8.24. The summed E-state index contributed by atoms with van der Waals surface area (Å²) in [5.41, 5.74) is -0.493. The molecule has 0 amide bonds. The van der Waals surface area contributed by atoms with E-state index >= 15 is 4.39 Å². The normalized spacial score (nSPS) is 21.8. The molecule has 2 aromatic heterocycles. The first kappa shape index (κ1) is 30.0. The van der Waals surface area contributed by atoms with Crippen LogP contribution < -0.4 is 9.64 Å². The van der Waals surface area contributed by atoms with Crippen LogP contribution in [0.25, 0.3) is 32.9 Å². The Balaban J connectivity index is 1.35. The SMILES string of the molecule is CCc1c(F)ccc2cc(O)cc(-c3ncc4c(N5CCOC[C@@](C)(O)C5)nc(OCC5(CN6CCCC6)CC5)nc4c3F)c12. The Morgan fingerprint density at radius 3 is 2.64 bits per heavy atom. The molecule has 9 nitrogen and oxygen atoms in total. The van der Waals surface area contributed by atoms with Gasteiger partial charge < -0.3 is 29.5 Å². The Hall–Kier alpha value is -3.67. The van der Waals surface area contributed by atoms with Crippen LogP contribution in [0.4, 0.5) is 14.6 Å². The third-order valence-corrected chi connectivity index (χ3v) is 9.38. The Morgan fingerprint density at radius 2 is 1.89 bits per heavy atom. The molecule has 1 aliphatic carbocycles. The fourth-order valence-electron chi connectivity index (χ4n) is 6.89. The van der Waals surface area contributed by atoms with Crippen LogP contribution in [-0.4, -0.2) is 88.2 Å². The Bertz CT molecular complexity index is 1760. The van der Waals surface area contributed by atoms with E-state index in [1.54, 1.807) is 13.0 Å². The minimum Gasteiger partial charge on any atom is -0.508 e. The quantitative estimate of drug-likeness (QED) is 0.274. The number of aromatic nitrogens is 3. The van der Waals surface area contributed by atoms with Gasteiger partial charge >= 0.3 is 6.01 Å². The van der Waals surface area contributed by atoms with Gasteiger partial charge in [0.2, 0.25) is 0 Å². The van der Waals surface area contributed by atoms with Crippen molar-refractivity contribution in [2.24, 2.45) is 5.41 Å². The van der Waals surface area contributed by atoms with Crippen LogP contribution in [0.3, 0.4) is 0 Å². The molecule has 1 saturated carbocycles. The van der Waals surface area contributed by atoms with Crippen molar-refractivity contribution in [1.29, 1.82) is 0 Å². The fraction of sp³-hybridized carbons (Fsp3) is 0.500. The Kier molecular flexibility index (Phi) is 7.74. The summed E-state index contributed by atoms with van der Waals surface area (Å²) in [6.07, 6.45) is 6.42. The number of aliphatic hydroxyl groups is 1. The molecule has 2 N–H and O–H groups in total. The van der Waals surface area contributed by atoms with E-state index in [9.17, 15) is 14.6 Å². The van der Waals surface area contributed by atoms with Gasteiger partial charge in [0.05, 0.1) is 31.8 Å². The molecule has 2 aromatic carbocycles. The molecule has 238 valence electrons. The van der Waals surface area contributed by atoms with Crippen LogP contribution in [0.1, 0.15) is 45.1 Å². The van der Waals surface area contributed by atoms with Crippen LogP contribution in [-0.2, 0) is 11.2 Å². The number of fused-ring (bicyclic) bond motifs is 2. The smallest absolute Gasteiger partial charge is 0.319 e. The number of hydrogen-bond acceptors (Lipinski definition) is 9. The zero-order valence-electron chi connectivity index (χ0n) is 25.8. The monoisotopic (exact) mass is 619 g/mol. The van der Waals surface area contributed by atoms with Gasteiger partial charge in [0, 0.05) is 30.3 Å². The highest BCUT2D eigenvalue weighted by atomic mass is 19.1. The number of rotatable bonds is 8. The molecule has 0 radical (unpaired) electrons. The van der Waals surface area contributed by atoms with Gasteiger partial charge in [-0.05, 0) is 86.7 Å². The highest BCUT2D eigenvalue weighted by Crippen LogP contribution is 2.47. The number of aryl methyl sites for hydroxylation is 1. The van der Waals surface area contributed by atoms with Crippen LogP contribution >= 0.6 is 0 Å². The van der Waals surface area contributed by atoms with Gasteiger partial charge in [0.25, 0.3) is 0 Å². The lowest BCUT2D eigenvalue weighted by molar-refractivity contribution is -0.0123. The lowest BCUT2D eigenvalue weighted by atomic mass is 9.94. The molecule has 1 atom stereocenters. The lowest BCUT2D eigenvalue weighted by Gasteiger charge is -2.29. The van der Waals surface area contributed by atoms with Crippen molar-refractivity contribution >= 4 is 27.5 Å². The van der Waals surface area contributed by atoms with Crippen molar-refractivity contribution in [2.45, 2.75) is 51.6 Å². The first-order chi connectivity index (χ1) is 21.7. The highest BCUT2D eigenvalue weighted by molar-refractivity contribution is 6.01. The van der Waals surface area contributed by atoms with Crippen LogP contribution in [0.15, 0.2) is 30.5 Å². The van der Waals surface area contributed by atoms with Crippen LogP contribution in [0, 0.1) is 17.0 Å². The molecule has 2 aliphatic heterocycles. The molecule has 0 unspecified atom stereocenters. The van der Waals surface area contributed by atoms with Crippen molar-refractivity contribution in [1.82, 2.24) is 19.9 Å². The van der Waals surface area contributed by atoms with Crippen molar-refractivity contribution in [3.63, 3.8) is 0 Å². The number of phenols is 1. The van der Waals surface area contributed by atoms with Crippen molar-refractivity contribution in [2.75, 3.05) is 57.4 Å². The molecule has 0 bridgehead atoms. The molecule has 3 aliphatic rings. The summed E-state index contributed by atoms with van der Waals surface area (Å²) in [7, 11) is 0. The minimum absolute atomic E-state index is 0.000132. The van der Waals surface area contributed by atoms with E-state index in [4.69, 9.17) is 14.5 Å².